The van der Waals surface area contributed by atoms with E-state index in [1.807, 2.05) is 6.07 Å². The van der Waals surface area contributed by atoms with Gasteiger partial charge in [-0.1, -0.05) is 17.7 Å². The molecule has 2 nitrogen and oxygen atoms in total. The lowest BCUT2D eigenvalue weighted by atomic mass is 10.1. The molecule has 2 aromatic carbocycles. The highest BCUT2D eigenvalue weighted by atomic mass is 35.5. The predicted molar refractivity (Wildman–Crippen MR) is 76.9 cm³/mol. The molecule has 2 aromatic rings. The molecule has 0 fully saturated rings. The molecule has 2 rings (SSSR count). The maximum absolute atomic E-state index is 12.7. The number of carbonyl (C=O) groups is 1. The Bertz CT molecular complexity index is 581. The summed E-state index contributed by atoms with van der Waals surface area (Å²) in [5, 5.41) is 0.616. The van der Waals surface area contributed by atoms with E-state index < -0.39 is 0 Å². The van der Waals surface area contributed by atoms with Crippen molar-refractivity contribution in [2.75, 3.05) is 6.61 Å². The molecule has 0 saturated heterocycles. The van der Waals surface area contributed by atoms with E-state index in [1.54, 1.807) is 18.2 Å². The van der Waals surface area contributed by atoms with Gasteiger partial charge in [-0.2, -0.15) is 0 Å². The highest BCUT2D eigenvalue weighted by molar-refractivity contribution is 6.30. The van der Waals surface area contributed by atoms with E-state index in [0.717, 1.165) is 0 Å². The zero-order valence-electron chi connectivity index (χ0n) is 10.8. The number of Topliss-reactive ketones (excluding diaryl/α,β-unsaturated/α-hetero) is 1. The number of ether oxygens (including phenoxy) is 1. The van der Waals surface area contributed by atoms with Gasteiger partial charge in [-0.05, 0) is 48.9 Å². The van der Waals surface area contributed by atoms with Gasteiger partial charge in [0.2, 0.25) is 0 Å². The topological polar surface area (TPSA) is 26.3 Å². The Morgan fingerprint density at radius 2 is 1.90 bits per heavy atom. The van der Waals surface area contributed by atoms with Crippen molar-refractivity contribution in [2.24, 2.45) is 0 Å². The number of benzene rings is 2. The van der Waals surface area contributed by atoms with E-state index >= 15 is 0 Å². The summed E-state index contributed by atoms with van der Waals surface area (Å²) in [7, 11) is 0. The Hall–Kier alpha value is -1.87. The summed E-state index contributed by atoms with van der Waals surface area (Å²) in [5.74, 6) is 0.331. The average molecular weight is 293 g/mol. The minimum absolute atomic E-state index is 0.0142. The van der Waals surface area contributed by atoms with Gasteiger partial charge < -0.3 is 4.74 Å². The van der Waals surface area contributed by atoms with Gasteiger partial charge in [0, 0.05) is 17.0 Å². The molecule has 104 valence electrons. The second-order valence-corrected chi connectivity index (χ2v) is 4.78. The molecule has 0 aliphatic carbocycles. The summed E-state index contributed by atoms with van der Waals surface area (Å²) in [6.45, 7) is 0.438. The molecule has 0 radical (unpaired) electrons. The largest absolute Gasteiger partial charge is 0.494 e. The van der Waals surface area contributed by atoms with Crippen LogP contribution in [0.1, 0.15) is 23.2 Å². The van der Waals surface area contributed by atoms with Crippen molar-refractivity contribution in [3.63, 3.8) is 0 Å². The minimum atomic E-state index is -0.342. The molecule has 20 heavy (non-hydrogen) atoms. The molecule has 0 heterocycles. The molecule has 0 amide bonds. The van der Waals surface area contributed by atoms with Gasteiger partial charge in [-0.3, -0.25) is 4.79 Å². The quantitative estimate of drug-likeness (QED) is 0.578. The number of hydrogen-bond donors (Lipinski definition) is 0. The molecule has 0 unspecified atom stereocenters. The van der Waals surface area contributed by atoms with E-state index in [0.29, 0.717) is 35.8 Å². The fraction of sp³-hybridized carbons (Fsp3) is 0.188. The van der Waals surface area contributed by atoms with Crippen LogP contribution in [0.5, 0.6) is 5.75 Å². The zero-order valence-corrected chi connectivity index (χ0v) is 11.6. The first kappa shape index (κ1) is 14.5. The third-order valence-corrected chi connectivity index (χ3v) is 3.01. The lowest BCUT2D eigenvalue weighted by Crippen LogP contribution is -2.04. The molecule has 0 aliphatic heterocycles. The van der Waals surface area contributed by atoms with Crippen LogP contribution in [0.25, 0.3) is 0 Å². The van der Waals surface area contributed by atoms with Gasteiger partial charge in [-0.15, -0.1) is 0 Å². The van der Waals surface area contributed by atoms with Crippen LogP contribution in [-0.2, 0) is 0 Å². The summed E-state index contributed by atoms with van der Waals surface area (Å²) in [6.07, 6.45) is 0.967. The van der Waals surface area contributed by atoms with Gasteiger partial charge in [0.25, 0.3) is 0 Å². The van der Waals surface area contributed by atoms with Crippen LogP contribution in [0, 0.1) is 5.82 Å². The van der Waals surface area contributed by atoms with E-state index in [-0.39, 0.29) is 11.6 Å². The third-order valence-electron chi connectivity index (χ3n) is 2.78. The lowest BCUT2D eigenvalue weighted by molar-refractivity contribution is 0.0973. The first-order valence-corrected chi connectivity index (χ1v) is 6.70. The first-order valence-electron chi connectivity index (χ1n) is 6.32. The van der Waals surface area contributed by atoms with Gasteiger partial charge in [-0.25, -0.2) is 4.39 Å². The van der Waals surface area contributed by atoms with Crippen molar-refractivity contribution >= 4 is 17.4 Å². The van der Waals surface area contributed by atoms with Crippen molar-refractivity contribution in [2.45, 2.75) is 12.8 Å². The summed E-state index contributed by atoms with van der Waals surface area (Å²) in [4.78, 5) is 11.8. The van der Waals surface area contributed by atoms with Crippen molar-refractivity contribution in [1.29, 1.82) is 0 Å². The lowest BCUT2D eigenvalue weighted by Gasteiger charge is -2.06. The smallest absolute Gasteiger partial charge is 0.163 e. The molecular weight excluding hydrogens is 279 g/mol. The Morgan fingerprint density at radius 1 is 1.15 bits per heavy atom. The summed E-state index contributed by atoms with van der Waals surface area (Å²) in [6, 6.07) is 12.7. The van der Waals surface area contributed by atoms with E-state index in [2.05, 4.69) is 0 Å². The number of ketones is 1. The van der Waals surface area contributed by atoms with Crippen LogP contribution >= 0.6 is 11.6 Å². The molecule has 0 aromatic heterocycles. The molecule has 0 spiro atoms. The van der Waals surface area contributed by atoms with Crippen LogP contribution in [0.2, 0.25) is 5.02 Å². The van der Waals surface area contributed by atoms with Crippen LogP contribution in [0.15, 0.2) is 48.5 Å². The number of carbonyl (C=O) groups excluding carboxylic acids is 1. The Labute approximate surface area is 122 Å². The van der Waals surface area contributed by atoms with Crippen LogP contribution in [0.4, 0.5) is 4.39 Å². The van der Waals surface area contributed by atoms with Gasteiger partial charge in [0.15, 0.2) is 5.78 Å². The van der Waals surface area contributed by atoms with Gasteiger partial charge in [0.05, 0.1) is 6.61 Å². The maximum atomic E-state index is 12.7. The standard InChI is InChI=1S/C16H14ClFO2/c17-13-3-1-4-15(11-13)20-10-2-5-16(19)12-6-8-14(18)9-7-12/h1,3-4,6-9,11H,2,5,10H2. The maximum Gasteiger partial charge on any atom is 0.163 e. The Kier molecular flexibility index (Phi) is 5.13. The third kappa shape index (κ3) is 4.35. The molecular formula is C16H14ClFO2. The number of halogens is 2. The van der Waals surface area contributed by atoms with Crippen molar-refractivity contribution in [3.8, 4) is 5.75 Å². The van der Waals surface area contributed by atoms with Gasteiger partial charge >= 0.3 is 0 Å². The van der Waals surface area contributed by atoms with E-state index in [1.165, 1.54) is 24.3 Å². The van der Waals surface area contributed by atoms with Crippen LogP contribution < -0.4 is 4.74 Å². The van der Waals surface area contributed by atoms with Crippen LogP contribution in [-0.4, -0.2) is 12.4 Å². The molecule has 0 bridgehead atoms. The highest BCUT2D eigenvalue weighted by Crippen LogP contribution is 2.17. The molecule has 0 N–H and O–H groups in total. The predicted octanol–water partition coefficient (Wildman–Crippen LogP) is 4.52. The second-order valence-electron chi connectivity index (χ2n) is 4.34. The van der Waals surface area contributed by atoms with Gasteiger partial charge in [0.1, 0.15) is 11.6 Å². The fourth-order valence-corrected chi connectivity index (χ4v) is 1.94. The van der Waals surface area contributed by atoms with E-state index in [4.69, 9.17) is 16.3 Å². The van der Waals surface area contributed by atoms with E-state index in [9.17, 15) is 9.18 Å². The minimum Gasteiger partial charge on any atom is -0.494 e. The molecule has 4 heteroatoms. The van der Waals surface area contributed by atoms with Crippen molar-refractivity contribution < 1.29 is 13.9 Å². The zero-order chi connectivity index (χ0) is 14.4. The number of hydrogen-bond acceptors (Lipinski definition) is 2. The van der Waals surface area contributed by atoms with Crippen molar-refractivity contribution in [3.05, 3.63) is 64.9 Å². The SMILES string of the molecule is O=C(CCCOc1cccc(Cl)c1)c1ccc(F)cc1. The molecule has 0 aliphatic rings. The number of rotatable bonds is 6. The summed E-state index contributed by atoms with van der Waals surface area (Å²) < 4.78 is 18.2. The summed E-state index contributed by atoms with van der Waals surface area (Å²) in [5.41, 5.74) is 0.522. The first-order chi connectivity index (χ1) is 9.65. The summed E-state index contributed by atoms with van der Waals surface area (Å²) >= 11 is 5.84. The Balaban J connectivity index is 1.76. The fourth-order valence-electron chi connectivity index (χ4n) is 1.76. The normalized spacial score (nSPS) is 10.3. The van der Waals surface area contributed by atoms with Crippen molar-refractivity contribution in [1.82, 2.24) is 0 Å². The monoisotopic (exact) mass is 292 g/mol. The highest BCUT2D eigenvalue weighted by Gasteiger charge is 2.05. The van der Waals surface area contributed by atoms with Crippen LogP contribution in [0.3, 0.4) is 0 Å². The second kappa shape index (κ2) is 7.06. The average Bonchev–Trinajstić information content (AvgIpc) is 2.44. The molecule has 0 atom stereocenters. The molecule has 0 saturated carbocycles. The Morgan fingerprint density at radius 3 is 2.60 bits per heavy atom.